The number of anilines is 1. The van der Waals surface area contributed by atoms with E-state index in [9.17, 15) is 14.7 Å². The second-order valence-corrected chi connectivity index (χ2v) is 6.82. The van der Waals surface area contributed by atoms with Crippen LogP contribution in [0, 0.1) is 6.92 Å². The van der Waals surface area contributed by atoms with E-state index in [0.29, 0.717) is 21.9 Å². The van der Waals surface area contributed by atoms with Crippen molar-refractivity contribution in [3.63, 3.8) is 0 Å². The number of aryl methyl sites for hydroxylation is 1. The number of halogens is 1. The van der Waals surface area contributed by atoms with E-state index in [2.05, 4.69) is 5.16 Å². The molecule has 0 saturated carbocycles. The molecular weight excluding hydrogens is 380 g/mol. The summed E-state index contributed by atoms with van der Waals surface area (Å²) in [4.78, 5) is 26.9. The van der Waals surface area contributed by atoms with Gasteiger partial charge in [0.2, 0.25) is 0 Å². The van der Waals surface area contributed by atoms with Crippen LogP contribution in [0.4, 0.5) is 5.82 Å². The second kappa shape index (κ2) is 6.98. The summed E-state index contributed by atoms with van der Waals surface area (Å²) in [6.07, 6.45) is 0. The highest BCUT2D eigenvalue weighted by atomic mass is 35.5. The van der Waals surface area contributed by atoms with Gasteiger partial charge in [0.25, 0.3) is 5.78 Å². The summed E-state index contributed by atoms with van der Waals surface area (Å²) >= 11 is 5.99. The van der Waals surface area contributed by atoms with Crippen molar-refractivity contribution in [3.05, 3.63) is 88.1 Å². The zero-order valence-corrected chi connectivity index (χ0v) is 15.6. The first kappa shape index (κ1) is 18.0. The standard InChI is InChI=1S/C21H15ClN2O4/c1-12-11-16(23-28-12)24-18(13-7-9-15(22)10-8-13)17(20(26)21(24)27)19(25)14-5-3-2-4-6-14/h2-11,18,25H,1H3/b19-17-. The summed E-state index contributed by atoms with van der Waals surface area (Å²) in [5.41, 5.74) is 1.04. The van der Waals surface area contributed by atoms with Crippen molar-refractivity contribution in [1.29, 1.82) is 0 Å². The molecule has 28 heavy (non-hydrogen) atoms. The summed E-state index contributed by atoms with van der Waals surface area (Å²) in [5.74, 6) is -1.13. The Labute approximate surface area is 165 Å². The van der Waals surface area contributed by atoms with Gasteiger partial charge in [0, 0.05) is 16.7 Å². The molecule has 1 atom stereocenters. The predicted octanol–water partition coefficient (Wildman–Crippen LogP) is 4.26. The molecule has 1 aromatic heterocycles. The van der Waals surface area contributed by atoms with Gasteiger partial charge < -0.3 is 9.63 Å². The van der Waals surface area contributed by atoms with E-state index in [1.165, 1.54) is 4.90 Å². The van der Waals surface area contributed by atoms with Gasteiger partial charge >= 0.3 is 5.91 Å². The maximum absolute atomic E-state index is 12.9. The van der Waals surface area contributed by atoms with Gasteiger partial charge in [-0.05, 0) is 24.6 Å². The van der Waals surface area contributed by atoms with Gasteiger partial charge in [-0.2, -0.15) is 0 Å². The Morgan fingerprint density at radius 2 is 1.79 bits per heavy atom. The number of rotatable bonds is 3. The minimum atomic E-state index is -0.859. The minimum Gasteiger partial charge on any atom is -0.507 e. The number of carbonyl (C=O) groups excluding carboxylic acids is 2. The molecular formula is C21H15ClN2O4. The predicted molar refractivity (Wildman–Crippen MR) is 104 cm³/mol. The van der Waals surface area contributed by atoms with E-state index in [0.717, 1.165) is 0 Å². The van der Waals surface area contributed by atoms with Crippen LogP contribution in [0.3, 0.4) is 0 Å². The highest BCUT2D eigenvalue weighted by molar-refractivity contribution is 6.51. The van der Waals surface area contributed by atoms with Crippen LogP contribution in [0.25, 0.3) is 5.76 Å². The molecule has 0 aliphatic carbocycles. The second-order valence-electron chi connectivity index (χ2n) is 6.38. The fourth-order valence-electron chi connectivity index (χ4n) is 3.25. The Morgan fingerprint density at radius 3 is 2.39 bits per heavy atom. The van der Waals surface area contributed by atoms with E-state index in [1.807, 2.05) is 0 Å². The van der Waals surface area contributed by atoms with Gasteiger partial charge in [-0.25, -0.2) is 0 Å². The molecule has 1 aliphatic rings. The average Bonchev–Trinajstić information content (AvgIpc) is 3.24. The molecule has 6 nitrogen and oxygen atoms in total. The van der Waals surface area contributed by atoms with Gasteiger partial charge in [0.15, 0.2) is 5.82 Å². The number of benzene rings is 2. The molecule has 1 N–H and O–H groups in total. The lowest BCUT2D eigenvalue weighted by Crippen LogP contribution is -2.29. The quantitative estimate of drug-likeness (QED) is 0.407. The maximum atomic E-state index is 12.9. The number of aliphatic hydroxyl groups excluding tert-OH is 1. The van der Waals surface area contributed by atoms with Gasteiger partial charge in [0.1, 0.15) is 11.5 Å². The average molecular weight is 395 g/mol. The first-order valence-corrected chi connectivity index (χ1v) is 8.90. The lowest BCUT2D eigenvalue weighted by molar-refractivity contribution is -0.132. The van der Waals surface area contributed by atoms with Crippen LogP contribution >= 0.6 is 11.6 Å². The third-order valence-corrected chi connectivity index (χ3v) is 4.79. The molecule has 2 aromatic carbocycles. The number of hydrogen-bond donors (Lipinski definition) is 1. The SMILES string of the molecule is Cc1cc(N2C(=O)C(=O)/C(=C(\O)c3ccccc3)C2c2ccc(Cl)cc2)no1. The molecule has 140 valence electrons. The summed E-state index contributed by atoms with van der Waals surface area (Å²) < 4.78 is 5.09. The minimum absolute atomic E-state index is 0.0147. The Kier molecular flexibility index (Phi) is 4.49. The lowest BCUT2D eigenvalue weighted by atomic mass is 9.95. The molecule has 7 heteroatoms. The molecule has 1 aliphatic heterocycles. The first-order valence-electron chi connectivity index (χ1n) is 8.52. The Morgan fingerprint density at radius 1 is 1.11 bits per heavy atom. The summed E-state index contributed by atoms with van der Waals surface area (Å²) in [7, 11) is 0. The smallest absolute Gasteiger partial charge is 0.301 e. The first-order chi connectivity index (χ1) is 13.5. The maximum Gasteiger partial charge on any atom is 0.301 e. The van der Waals surface area contributed by atoms with Crippen molar-refractivity contribution in [2.24, 2.45) is 0 Å². The van der Waals surface area contributed by atoms with E-state index in [4.69, 9.17) is 16.1 Å². The van der Waals surface area contributed by atoms with Crippen LogP contribution < -0.4 is 4.90 Å². The van der Waals surface area contributed by atoms with E-state index < -0.39 is 17.7 Å². The largest absolute Gasteiger partial charge is 0.507 e. The van der Waals surface area contributed by atoms with Crippen LogP contribution in [-0.2, 0) is 9.59 Å². The molecule has 0 spiro atoms. The number of carbonyl (C=O) groups is 2. The third-order valence-electron chi connectivity index (χ3n) is 4.54. The number of aromatic nitrogens is 1. The summed E-state index contributed by atoms with van der Waals surface area (Å²) in [5, 5.41) is 15.3. The molecule has 3 aromatic rings. The third kappa shape index (κ3) is 2.97. The van der Waals surface area contributed by atoms with Crippen molar-refractivity contribution in [1.82, 2.24) is 5.16 Å². The molecule has 1 saturated heterocycles. The van der Waals surface area contributed by atoms with E-state index in [-0.39, 0.29) is 17.2 Å². The number of amides is 1. The number of ketones is 1. The Hall–Kier alpha value is -3.38. The molecule has 1 fully saturated rings. The Bertz CT molecular complexity index is 1090. The molecule has 0 radical (unpaired) electrons. The van der Waals surface area contributed by atoms with Gasteiger partial charge in [-0.15, -0.1) is 0 Å². The van der Waals surface area contributed by atoms with Crippen molar-refractivity contribution in [3.8, 4) is 0 Å². The zero-order chi connectivity index (χ0) is 19.8. The van der Waals surface area contributed by atoms with Crippen LogP contribution in [0.1, 0.15) is 22.9 Å². The molecule has 1 amide bonds. The monoisotopic (exact) mass is 394 g/mol. The zero-order valence-electron chi connectivity index (χ0n) is 14.8. The number of nitrogens with zero attached hydrogens (tertiary/aromatic N) is 2. The normalized spacial score (nSPS) is 18.6. The van der Waals surface area contributed by atoms with E-state index in [1.54, 1.807) is 67.6 Å². The topological polar surface area (TPSA) is 83.6 Å². The highest BCUT2D eigenvalue weighted by Gasteiger charge is 2.48. The van der Waals surface area contributed by atoms with Crippen molar-refractivity contribution < 1.29 is 19.2 Å². The van der Waals surface area contributed by atoms with Crippen LogP contribution in [0.5, 0.6) is 0 Å². The summed E-state index contributed by atoms with van der Waals surface area (Å²) in [6.45, 7) is 1.69. The molecule has 2 heterocycles. The van der Waals surface area contributed by atoms with Crippen molar-refractivity contribution >= 4 is 34.9 Å². The number of hydrogen-bond acceptors (Lipinski definition) is 5. The lowest BCUT2D eigenvalue weighted by Gasteiger charge is -2.22. The molecule has 0 bridgehead atoms. The molecule has 4 rings (SSSR count). The van der Waals surface area contributed by atoms with Crippen molar-refractivity contribution in [2.75, 3.05) is 4.90 Å². The number of aliphatic hydroxyl groups is 1. The van der Waals surface area contributed by atoms with Crippen molar-refractivity contribution in [2.45, 2.75) is 13.0 Å². The van der Waals surface area contributed by atoms with Gasteiger partial charge in [-0.1, -0.05) is 59.2 Å². The van der Waals surface area contributed by atoms with Gasteiger partial charge in [-0.3, -0.25) is 14.5 Å². The van der Waals surface area contributed by atoms with Gasteiger partial charge in [0.05, 0.1) is 11.6 Å². The fourth-order valence-corrected chi connectivity index (χ4v) is 3.37. The Balaban J connectivity index is 1.94. The van der Waals surface area contributed by atoms with Crippen LogP contribution in [-0.4, -0.2) is 22.0 Å². The van der Waals surface area contributed by atoms with Crippen LogP contribution in [0.2, 0.25) is 5.02 Å². The highest BCUT2D eigenvalue weighted by Crippen LogP contribution is 2.42. The fraction of sp³-hybridized carbons (Fsp3) is 0.0952. The van der Waals surface area contributed by atoms with Crippen LogP contribution in [0.15, 0.2) is 70.8 Å². The molecule has 1 unspecified atom stereocenters. The summed E-state index contributed by atoms with van der Waals surface area (Å²) in [6, 6.07) is 16.1. The van der Waals surface area contributed by atoms with E-state index >= 15 is 0 Å². The number of Topliss-reactive ketones (excluding diaryl/α,β-unsaturated/α-hetero) is 1.